The molecule has 0 radical (unpaired) electrons. The fraction of sp³-hybridized carbons (Fsp3) is 0.500. The van der Waals surface area contributed by atoms with Crippen LogP contribution in [0.4, 0.5) is 0 Å². The molecule has 0 aliphatic carbocycles. The molecule has 2 aliphatic rings. The minimum absolute atomic E-state index is 0.0147. The highest BCUT2D eigenvalue weighted by atomic mass is 16.7. The van der Waals surface area contributed by atoms with Crippen LogP contribution in [0, 0.1) is 0 Å². The summed E-state index contributed by atoms with van der Waals surface area (Å²) >= 11 is 0. The maximum atomic E-state index is 12.5. The van der Waals surface area contributed by atoms with Crippen molar-refractivity contribution >= 4 is 12.0 Å². The van der Waals surface area contributed by atoms with Crippen molar-refractivity contribution in [1.82, 2.24) is 4.90 Å². The van der Waals surface area contributed by atoms with Crippen LogP contribution in [0.5, 0.6) is 23.0 Å². The van der Waals surface area contributed by atoms with E-state index in [2.05, 4.69) is 6.92 Å². The number of hydrogen-bond donors (Lipinski definition) is 0. The van der Waals surface area contributed by atoms with Crippen LogP contribution in [-0.2, 0) is 4.79 Å². The minimum atomic E-state index is 0.0147. The zero-order valence-corrected chi connectivity index (χ0v) is 14.3. The van der Waals surface area contributed by atoms with E-state index >= 15 is 0 Å². The molecule has 1 aromatic rings. The first kappa shape index (κ1) is 16.5. The van der Waals surface area contributed by atoms with Crippen LogP contribution in [0.15, 0.2) is 12.1 Å². The molecule has 130 valence electrons. The Bertz CT molecular complexity index is 655. The van der Waals surface area contributed by atoms with Gasteiger partial charge in [0.05, 0.1) is 14.2 Å². The summed E-state index contributed by atoms with van der Waals surface area (Å²) in [6.45, 7) is 3.03. The molecular formula is C18H23NO5. The number of fused-ring (bicyclic) bond motifs is 1. The van der Waals surface area contributed by atoms with Gasteiger partial charge in [-0.2, -0.15) is 0 Å². The predicted octanol–water partition coefficient (Wildman–Crippen LogP) is 2.85. The van der Waals surface area contributed by atoms with Gasteiger partial charge in [-0.3, -0.25) is 4.79 Å². The first-order valence-electron chi connectivity index (χ1n) is 8.19. The van der Waals surface area contributed by atoms with Gasteiger partial charge in [-0.25, -0.2) is 0 Å². The molecule has 1 atom stereocenters. The van der Waals surface area contributed by atoms with Gasteiger partial charge in [0.15, 0.2) is 11.5 Å². The van der Waals surface area contributed by atoms with E-state index in [1.165, 1.54) is 6.42 Å². The van der Waals surface area contributed by atoms with E-state index in [0.29, 0.717) is 23.0 Å². The molecule has 6 nitrogen and oxygen atoms in total. The molecule has 3 rings (SSSR count). The molecule has 6 heteroatoms. The molecule has 2 heterocycles. The number of rotatable bonds is 4. The van der Waals surface area contributed by atoms with Crippen molar-refractivity contribution in [2.75, 3.05) is 27.6 Å². The van der Waals surface area contributed by atoms with Crippen LogP contribution in [0.1, 0.15) is 31.7 Å². The Hall–Kier alpha value is -2.37. The second-order valence-electron chi connectivity index (χ2n) is 5.98. The van der Waals surface area contributed by atoms with E-state index in [1.807, 2.05) is 4.90 Å². The zero-order chi connectivity index (χ0) is 17.1. The maximum Gasteiger partial charge on any atom is 0.246 e. The van der Waals surface area contributed by atoms with E-state index in [-0.39, 0.29) is 18.7 Å². The highest BCUT2D eigenvalue weighted by Gasteiger charge is 2.27. The lowest BCUT2D eigenvalue weighted by atomic mass is 10.0. The SMILES string of the molecule is COc1cc(/C=C/C(=O)N2CCCC[C@H]2C)c(OC)c2c1OCO2. The lowest BCUT2D eigenvalue weighted by Crippen LogP contribution is -2.41. The highest BCUT2D eigenvalue weighted by Crippen LogP contribution is 2.49. The van der Waals surface area contributed by atoms with Crippen LogP contribution in [0.25, 0.3) is 6.08 Å². The fourth-order valence-electron chi connectivity index (χ4n) is 3.20. The molecule has 1 aromatic carbocycles. The van der Waals surface area contributed by atoms with Crippen LogP contribution in [0.2, 0.25) is 0 Å². The summed E-state index contributed by atoms with van der Waals surface area (Å²) in [5, 5.41) is 0. The molecule has 1 saturated heterocycles. The molecule has 1 fully saturated rings. The van der Waals surface area contributed by atoms with Crippen molar-refractivity contribution in [2.24, 2.45) is 0 Å². The van der Waals surface area contributed by atoms with E-state index in [9.17, 15) is 4.79 Å². The second kappa shape index (κ2) is 7.03. The van der Waals surface area contributed by atoms with Gasteiger partial charge in [0.1, 0.15) is 0 Å². The Morgan fingerprint density at radius 1 is 1.25 bits per heavy atom. The lowest BCUT2D eigenvalue weighted by Gasteiger charge is -2.32. The van der Waals surface area contributed by atoms with Gasteiger partial charge in [-0.15, -0.1) is 0 Å². The Balaban J connectivity index is 1.87. The van der Waals surface area contributed by atoms with E-state index in [4.69, 9.17) is 18.9 Å². The average molecular weight is 333 g/mol. The zero-order valence-electron chi connectivity index (χ0n) is 14.3. The molecule has 1 amide bonds. The largest absolute Gasteiger partial charge is 0.493 e. The average Bonchev–Trinajstić information content (AvgIpc) is 3.08. The van der Waals surface area contributed by atoms with E-state index < -0.39 is 0 Å². The van der Waals surface area contributed by atoms with Gasteiger partial charge in [0.2, 0.25) is 24.2 Å². The normalized spacial score (nSPS) is 19.6. The molecule has 0 N–H and O–H groups in total. The summed E-state index contributed by atoms with van der Waals surface area (Å²) in [5.74, 6) is 2.15. The summed E-state index contributed by atoms with van der Waals surface area (Å²) in [6, 6.07) is 2.07. The van der Waals surface area contributed by atoms with Crippen molar-refractivity contribution in [2.45, 2.75) is 32.2 Å². The van der Waals surface area contributed by atoms with Crippen molar-refractivity contribution in [1.29, 1.82) is 0 Å². The lowest BCUT2D eigenvalue weighted by molar-refractivity contribution is -0.129. The third kappa shape index (κ3) is 3.00. The predicted molar refractivity (Wildman–Crippen MR) is 89.7 cm³/mol. The smallest absolute Gasteiger partial charge is 0.246 e. The molecule has 0 aromatic heterocycles. The number of methoxy groups -OCH3 is 2. The molecular weight excluding hydrogens is 310 g/mol. The number of nitrogens with zero attached hydrogens (tertiary/aromatic N) is 1. The summed E-state index contributed by atoms with van der Waals surface area (Å²) in [7, 11) is 3.13. The number of hydrogen-bond acceptors (Lipinski definition) is 5. The second-order valence-corrected chi connectivity index (χ2v) is 5.98. The van der Waals surface area contributed by atoms with Crippen LogP contribution in [0.3, 0.4) is 0 Å². The first-order chi connectivity index (χ1) is 11.7. The number of benzene rings is 1. The van der Waals surface area contributed by atoms with Gasteiger partial charge in [0.25, 0.3) is 0 Å². The standard InChI is InChI=1S/C18H23NO5/c1-12-6-4-5-9-19(12)15(20)8-7-13-10-14(21-2)17-18(16(13)22-3)24-11-23-17/h7-8,10,12H,4-6,9,11H2,1-3H3/b8-7+/t12-/m1/s1. The molecule has 0 spiro atoms. The van der Waals surface area contributed by atoms with Gasteiger partial charge < -0.3 is 23.8 Å². The Morgan fingerprint density at radius 3 is 2.75 bits per heavy atom. The minimum Gasteiger partial charge on any atom is -0.493 e. The number of carbonyl (C=O) groups excluding carboxylic acids is 1. The molecule has 0 bridgehead atoms. The van der Waals surface area contributed by atoms with Crippen LogP contribution in [-0.4, -0.2) is 44.4 Å². The van der Waals surface area contributed by atoms with Gasteiger partial charge >= 0.3 is 0 Å². The van der Waals surface area contributed by atoms with Crippen LogP contribution >= 0.6 is 0 Å². The highest BCUT2D eigenvalue weighted by molar-refractivity contribution is 5.93. The topological polar surface area (TPSA) is 57.2 Å². The van der Waals surface area contributed by atoms with Crippen molar-refractivity contribution in [3.8, 4) is 23.0 Å². The monoisotopic (exact) mass is 333 g/mol. The number of ether oxygens (including phenoxy) is 4. The number of piperidine rings is 1. The molecule has 24 heavy (non-hydrogen) atoms. The number of carbonyl (C=O) groups is 1. The Morgan fingerprint density at radius 2 is 2.04 bits per heavy atom. The quantitative estimate of drug-likeness (QED) is 0.793. The van der Waals surface area contributed by atoms with Gasteiger partial charge in [-0.05, 0) is 38.3 Å². The van der Waals surface area contributed by atoms with Gasteiger partial charge in [-0.1, -0.05) is 0 Å². The van der Waals surface area contributed by atoms with Crippen molar-refractivity contribution in [3.63, 3.8) is 0 Å². The summed E-state index contributed by atoms with van der Waals surface area (Å²) in [5.41, 5.74) is 0.719. The summed E-state index contributed by atoms with van der Waals surface area (Å²) < 4.78 is 21.7. The third-order valence-corrected chi connectivity index (χ3v) is 4.51. The van der Waals surface area contributed by atoms with Crippen LogP contribution < -0.4 is 18.9 Å². The Labute approximate surface area is 141 Å². The number of likely N-dealkylation sites (tertiary alicyclic amines) is 1. The van der Waals surface area contributed by atoms with Crippen molar-refractivity contribution < 1.29 is 23.7 Å². The Kier molecular flexibility index (Phi) is 4.83. The van der Waals surface area contributed by atoms with E-state index in [0.717, 1.165) is 24.9 Å². The molecule has 0 unspecified atom stereocenters. The third-order valence-electron chi connectivity index (χ3n) is 4.51. The number of amides is 1. The van der Waals surface area contributed by atoms with Gasteiger partial charge in [0, 0.05) is 24.2 Å². The first-order valence-corrected chi connectivity index (χ1v) is 8.19. The summed E-state index contributed by atoms with van der Waals surface area (Å²) in [6.07, 6.45) is 6.63. The maximum absolute atomic E-state index is 12.5. The molecule has 0 saturated carbocycles. The molecule has 2 aliphatic heterocycles. The van der Waals surface area contributed by atoms with Crippen molar-refractivity contribution in [3.05, 3.63) is 17.7 Å². The van der Waals surface area contributed by atoms with E-state index in [1.54, 1.807) is 32.4 Å². The summed E-state index contributed by atoms with van der Waals surface area (Å²) in [4.78, 5) is 14.4. The fourth-order valence-corrected chi connectivity index (χ4v) is 3.20.